The maximum absolute atomic E-state index is 4.89. The molecule has 6 heteroatoms. The summed E-state index contributed by atoms with van der Waals surface area (Å²) in [6.07, 6.45) is 4.20. The summed E-state index contributed by atoms with van der Waals surface area (Å²) in [6, 6.07) is 18.4. The van der Waals surface area contributed by atoms with Gasteiger partial charge in [-0.3, -0.25) is 0 Å². The third-order valence-electron chi connectivity index (χ3n) is 5.12. The van der Waals surface area contributed by atoms with Crippen molar-refractivity contribution in [2.75, 3.05) is 23.3 Å². The van der Waals surface area contributed by atoms with Gasteiger partial charge in [-0.2, -0.15) is 15.1 Å². The average molecular weight is 370 g/mol. The van der Waals surface area contributed by atoms with Crippen LogP contribution in [0.1, 0.15) is 18.4 Å². The SMILES string of the molecule is Cc1ccc(Nc2nc(N3CCCC3)nc3c2cnn3-c2ccccc2)cc1. The van der Waals surface area contributed by atoms with Gasteiger partial charge in [-0.05, 0) is 44.0 Å². The lowest BCUT2D eigenvalue weighted by Crippen LogP contribution is -2.21. The molecule has 5 rings (SSSR count). The Morgan fingerprint density at radius 2 is 1.64 bits per heavy atom. The van der Waals surface area contributed by atoms with E-state index in [9.17, 15) is 0 Å². The fourth-order valence-corrected chi connectivity index (χ4v) is 3.58. The van der Waals surface area contributed by atoms with Crippen molar-refractivity contribution in [3.63, 3.8) is 0 Å². The Kier molecular flexibility index (Phi) is 4.16. The second-order valence-electron chi connectivity index (χ2n) is 7.19. The number of hydrogen-bond donors (Lipinski definition) is 1. The van der Waals surface area contributed by atoms with Crippen LogP contribution in [0, 0.1) is 6.92 Å². The molecule has 1 N–H and O–H groups in total. The Labute approximate surface area is 163 Å². The largest absolute Gasteiger partial charge is 0.341 e. The van der Waals surface area contributed by atoms with E-state index in [1.54, 1.807) is 0 Å². The van der Waals surface area contributed by atoms with Gasteiger partial charge in [-0.1, -0.05) is 35.9 Å². The minimum atomic E-state index is 0.761. The van der Waals surface area contributed by atoms with E-state index in [2.05, 4.69) is 46.5 Å². The zero-order valence-electron chi connectivity index (χ0n) is 15.8. The van der Waals surface area contributed by atoms with Crippen molar-refractivity contribution in [1.29, 1.82) is 0 Å². The molecule has 1 saturated heterocycles. The molecule has 2 aromatic carbocycles. The lowest BCUT2D eigenvalue weighted by Gasteiger charge is -2.17. The van der Waals surface area contributed by atoms with Gasteiger partial charge in [0.15, 0.2) is 5.65 Å². The summed E-state index contributed by atoms with van der Waals surface area (Å²) in [5.74, 6) is 1.55. The molecule has 0 spiro atoms. The second-order valence-corrected chi connectivity index (χ2v) is 7.19. The van der Waals surface area contributed by atoms with Crippen LogP contribution in [0.5, 0.6) is 0 Å². The third kappa shape index (κ3) is 3.07. The zero-order chi connectivity index (χ0) is 18.9. The molecular formula is C22H22N6. The summed E-state index contributed by atoms with van der Waals surface area (Å²) >= 11 is 0. The molecule has 0 bridgehead atoms. The molecule has 4 aromatic rings. The number of fused-ring (bicyclic) bond motifs is 1. The fourth-order valence-electron chi connectivity index (χ4n) is 3.58. The average Bonchev–Trinajstić information content (AvgIpc) is 3.40. The Hall–Kier alpha value is -3.41. The minimum absolute atomic E-state index is 0.761. The Bertz CT molecular complexity index is 1100. The number of aromatic nitrogens is 4. The van der Waals surface area contributed by atoms with E-state index in [-0.39, 0.29) is 0 Å². The molecule has 0 aliphatic carbocycles. The summed E-state index contributed by atoms with van der Waals surface area (Å²) < 4.78 is 1.89. The number of hydrogen-bond acceptors (Lipinski definition) is 5. The van der Waals surface area contributed by atoms with E-state index in [0.717, 1.165) is 47.3 Å². The highest BCUT2D eigenvalue weighted by atomic mass is 15.3. The van der Waals surface area contributed by atoms with E-state index in [4.69, 9.17) is 9.97 Å². The number of benzene rings is 2. The fraction of sp³-hybridized carbons (Fsp3) is 0.227. The van der Waals surface area contributed by atoms with Gasteiger partial charge in [0.1, 0.15) is 5.82 Å². The van der Waals surface area contributed by atoms with Gasteiger partial charge >= 0.3 is 0 Å². The summed E-state index contributed by atoms with van der Waals surface area (Å²) in [7, 11) is 0. The van der Waals surface area contributed by atoms with Crippen molar-refractivity contribution in [3.8, 4) is 5.69 Å². The van der Waals surface area contributed by atoms with E-state index >= 15 is 0 Å². The third-order valence-corrected chi connectivity index (χ3v) is 5.12. The lowest BCUT2D eigenvalue weighted by molar-refractivity contribution is 0.873. The van der Waals surface area contributed by atoms with Gasteiger partial charge in [-0.15, -0.1) is 0 Å². The first-order valence-electron chi connectivity index (χ1n) is 9.68. The number of para-hydroxylation sites is 1. The minimum Gasteiger partial charge on any atom is -0.341 e. The van der Waals surface area contributed by atoms with Crippen LogP contribution in [0.3, 0.4) is 0 Å². The quantitative estimate of drug-likeness (QED) is 0.574. The molecule has 0 unspecified atom stereocenters. The van der Waals surface area contributed by atoms with E-state index in [1.807, 2.05) is 41.2 Å². The van der Waals surface area contributed by atoms with Crippen molar-refractivity contribution < 1.29 is 0 Å². The maximum Gasteiger partial charge on any atom is 0.229 e. The zero-order valence-corrected chi connectivity index (χ0v) is 15.8. The molecule has 28 heavy (non-hydrogen) atoms. The number of nitrogens with one attached hydrogen (secondary N) is 1. The first kappa shape index (κ1) is 16.7. The molecule has 1 aliphatic heterocycles. The maximum atomic E-state index is 4.89. The molecule has 3 heterocycles. The number of rotatable bonds is 4. The topological polar surface area (TPSA) is 58.9 Å². The molecular weight excluding hydrogens is 348 g/mol. The number of anilines is 3. The molecule has 2 aromatic heterocycles. The second kappa shape index (κ2) is 6.96. The standard InChI is InChI=1S/C22H22N6/c1-16-9-11-17(12-10-16)24-20-19-15-23-28(18-7-3-2-4-8-18)21(19)26-22(25-20)27-13-5-6-14-27/h2-4,7-12,15H,5-6,13-14H2,1H3,(H,24,25,26). The molecule has 1 aliphatic rings. The monoisotopic (exact) mass is 370 g/mol. The number of nitrogens with zero attached hydrogens (tertiary/aromatic N) is 5. The molecule has 6 nitrogen and oxygen atoms in total. The lowest BCUT2D eigenvalue weighted by atomic mass is 10.2. The van der Waals surface area contributed by atoms with Crippen molar-refractivity contribution in [1.82, 2.24) is 19.7 Å². The van der Waals surface area contributed by atoms with Gasteiger partial charge in [-0.25, -0.2) is 4.68 Å². The molecule has 0 amide bonds. The summed E-state index contributed by atoms with van der Waals surface area (Å²) in [5.41, 5.74) is 4.04. The first-order chi connectivity index (χ1) is 13.8. The number of aryl methyl sites for hydroxylation is 1. The van der Waals surface area contributed by atoms with Crippen LogP contribution in [-0.2, 0) is 0 Å². The summed E-state index contributed by atoms with van der Waals surface area (Å²) in [4.78, 5) is 12.0. The van der Waals surface area contributed by atoms with Crippen LogP contribution in [-0.4, -0.2) is 32.8 Å². The van der Waals surface area contributed by atoms with Crippen molar-refractivity contribution in [2.45, 2.75) is 19.8 Å². The van der Waals surface area contributed by atoms with Gasteiger partial charge in [0.25, 0.3) is 0 Å². The molecule has 0 atom stereocenters. The van der Waals surface area contributed by atoms with Crippen LogP contribution >= 0.6 is 0 Å². The van der Waals surface area contributed by atoms with Crippen LogP contribution in [0.25, 0.3) is 16.7 Å². The highest BCUT2D eigenvalue weighted by molar-refractivity contribution is 5.90. The highest BCUT2D eigenvalue weighted by Crippen LogP contribution is 2.29. The molecule has 1 fully saturated rings. The Morgan fingerprint density at radius 3 is 2.39 bits per heavy atom. The predicted molar refractivity (Wildman–Crippen MR) is 113 cm³/mol. The van der Waals surface area contributed by atoms with Crippen LogP contribution in [0.2, 0.25) is 0 Å². The Morgan fingerprint density at radius 1 is 0.893 bits per heavy atom. The van der Waals surface area contributed by atoms with Gasteiger partial charge < -0.3 is 10.2 Å². The van der Waals surface area contributed by atoms with Crippen LogP contribution < -0.4 is 10.2 Å². The summed E-state index contributed by atoms with van der Waals surface area (Å²) in [5, 5.41) is 8.99. The van der Waals surface area contributed by atoms with Crippen molar-refractivity contribution in [3.05, 3.63) is 66.4 Å². The van der Waals surface area contributed by atoms with E-state index < -0.39 is 0 Å². The van der Waals surface area contributed by atoms with E-state index in [0.29, 0.717) is 0 Å². The normalized spacial score (nSPS) is 14.0. The van der Waals surface area contributed by atoms with Crippen LogP contribution in [0.4, 0.5) is 17.5 Å². The van der Waals surface area contributed by atoms with Gasteiger partial charge in [0.2, 0.25) is 5.95 Å². The molecule has 0 radical (unpaired) electrons. The van der Waals surface area contributed by atoms with Crippen molar-refractivity contribution >= 4 is 28.5 Å². The van der Waals surface area contributed by atoms with E-state index in [1.165, 1.54) is 18.4 Å². The molecule has 0 saturated carbocycles. The molecule has 140 valence electrons. The van der Waals surface area contributed by atoms with Crippen molar-refractivity contribution in [2.24, 2.45) is 0 Å². The first-order valence-corrected chi connectivity index (χ1v) is 9.68. The van der Waals surface area contributed by atoms with Gasteiger partial charge in [0.05, 0.1) is 17.3 Å². The summed E-state index contributed by atoms with van der Waals surface area (Å²) in [6.45, 7) is 4.08. The smallest absolute Gasteiger partial charge is 0.229 e. The van der Waals surface area contributed by atoms with Gasteiger partial charge in [0, 0.05) is 18.8 Å². The Balaban J connectivity index is 1.65. The highest BCUT2D eigenvalue weighted by Gasteiger charge is 2.20. The van der Waals surface area contributed by atoms with Crippen LogP contribution in [0.15, 0.2) is 60.8 Å². The predicted octanol–water partition coefficient (Wildman–Crippen LogP) is 4.47.